The van der Waals surface area contributed by atoms with Crippen molar-refractivity contribution in [1.82, 2.24) is 9.80 Å². The quantitative estimate of drug-likeness (QED) is 0.369. The third kappa shape index (κ3) is 3.90. The van der Waals surface area contributed by atoms with E-state index in [2.05, 4.69) is 13.5 Å². The van der Waals surface area contributed by atoms with E-state index in [1.54, 1.807) is 27.6 Å². The van der Waals surface area contributed by atoms with Gasteiger partial charge in [-0.2, -0.15) is 0 Å². The van der Waals surface area contributed by atoms with Crippen molar-refractivity contribution in [1.29, 1.82) is 0 Å². The molecule has 7 nitrogen and oxygen atoms in total. The number of likely N-dealkylation sites (tertiary alicyclic amines) is 1. The zero-order valence-electron chi connectivity index (χ0n) is 18.8. The summed E-state index contributed by atoms with van der Waals surface area (Å²) in [5.74, 6) is -2.46. The molecule has 1 spiro atoms. The van der Waals surface area contributed by atoms with Crippen LogP contribution in [0.5, 0.6) is 0 Å². The van der Waals surface area contributed by atoms with E-state index in [0.717, 1.165) is 32.1 Å². The number of rotatable bonds is 11. The van der Waals surface area contributed by atoms with Gasteiger partial charge in [0.2, 0.25) is 11.8 Å². The lowest BCUT2D eigenvalue weighted by atomic mass is 9.66. The first-order chi connectivity index (χ1) is 14.7. The van der Waals surface area contributed by atoms with Crippen molar-refractivity contribution in [2.45, 2.75) is 75.0 Å². The van der Waals surface area contributed by atoms with Crippen molar-refractivity contribution in [2.75, 3.05) is 19.7 Å². The Bertz CT molecular complexity index is 729. The summed E-state index contributed by atoms with van der Waals surface area (Å²) in [6, 6.07) is -0.684. The minimum absolute atomic E-state index is 0.0448. The minimum Gasteiger partial charge on any atom is -0.481 e. The number of hydrogen-bond donors (Lipinski definition) is 2. The van der Waals surface area contributed by atoms with E-state index in [-0.39, 0.29) is 35.6 Å². The Morgan fingerprint density at radius 3 is 2.58 bits per heavy atom. The van der Waals surface area contributed by atoms with E-state index < -0.39 is 28.6 Å². The van der Waals surface area contributed by atoms with Crippen LogP contribution >= 0.6 is 11.8 Å². The maximum absolute atomic E-state index is 13.9. The van der Waals surface area contributed by atoms with Gasteiger partial charge in [0.15, 0.2) is 0 Å². The summed E-state index contributed by atoms with van der Waals surface area (Å²) >= 11 is 1.58. The number of carbonyl (C=O) groups is 3. The number of amides is 2. The molecule has 0 aromatic rings. The standard InChI is InChI=1S/C23H36N2O5S/c1-5-10-24(14(2)3)21(28)19-23-15(4)13-16(31-23)17(22(29)30)18(23)20(27)25(19)11-8-6-7-9-12-26/h5,14-19,26H,1,6-13H2,2-4H3,(H,29,30)/t15?,16-,17+,18-,19?,23?/m0/s1. The van der Waals surface area contributed by atoms with Crippen molar-refractivity contribution < 1.29 is 24.6 Å². The van der Waals surface area contributed by atoms with Gasteiger partial charge in [0, 0.05) is 31.0 Å². The summed E-state index contributed by atoms with van der Waals surface area (Å²) in [6.07, 6.45) is 5.61. The Hall–Kier alpha value is -1.54. The van der Waals surface area contributed by atoms with Gasteiger partial charge in [-0.3, -0.25) is 14.4 Å². The fourth-order valence-corrected chi connectivity index (χ4v) is 8.33. The molecular formula is C23H36N2O5S. The number of thioether (sulfide) groups is 1. The molecular weight excluding hydrogens is 416 g/mol. The van der Waals surface area contributed by atoms with Gasteiger partial charge in [0.1, 0.15) is 6.04 Å². The van der Waals surface area contributed by atoms with E-state index in [4.69, 9.17) is 5.11 Å². The van der Waals surface area contributed by atoms with E-state index >= 15 is 0 Å². The lowest BCUT2D eigenvalue weighted by molar-refractivity contribution is -0.149. The number of unbranched alkanes of at least 4 members (excludes halogenated alkanes) is 3. The molecule has 0 aliphatic carbocycles. The highest BCUT2D eigenvalue weighted by Gasteiger charge is 2.76. The molecule has 3 heterocycles. The largest absolute Gasteiger partial charge is 0.481 e. The molecule has 0 saturated carbocycles. The Kier molecular flexibility index (Phi) is 7.41. The second-order valence-corrected chi connectivity index (χ2v) is 11.0. The SMILES string of the molecule is C=CCN(C(=O)C1N(CCCCCCO)C(=O)[C@@H]2[C@H](C(=O)O)[C@@H]3CC(C)C12S3)C(C)C. The van der Waals surface area contributed by atoms with Gasteiger partial charge in [0.25, 0.3) is 0 Å². The van der Waals surface area contributed by atoms with Gasteiger partial charge < -0.3 is 20.0 Å². The van der Waals surface area contributed by atoms with Crippen LogP contribution in [0.25, 0.3) is 0 Å². The molecule has 3 rings (SSSR count). The summed E-state index contributed by atoms with van der Waals surface area (Å²) in [4.78, 5) is 43.1. The summed E-state index contributed by atoms with van der Waals surface area (Å²) in [7, 11) is 0. The van der Waals surface area contributed by atoms with Crippen LogP contribution in [0.15, 0.2) is 12.7 Å². The first-order valence-electron chi connectivity index (χ1n) is 11.5. The molecule has 31 heavy (non-hydrogen) atoms. The van der Waals surface area contributed by atoms with Crippen molar-refractivity contribution in [2.24, 2.45) is 17.8 Å². The van der Waals surface area contributed by atoms with Gasteiger partial charge in [0.05, 0.1) is 16.6 Å². The van der Waals surface area contributed by atoms with E-state index in [1.165, 1.54) is 0 Å². The van der Waals surface area contributed by atoms with Crippen LogP contribution in [0.4, 0.5) is 0 Å². The molecule has 0 aromatic heterocycles. The Morgan fingerprint density at radius 1 is 1.32 bits per heavy atom. The predicted molar refractivity (Wildman–Crippen MR) is 121 cm³/mol. The summed E-state index contributed by atoms with van der Waals surface area (Å²) in [5, 5.41) is 18.8. The molecule has 3 fully saturated rings. The van der Waals surface area contributed by atoms with Gasteiger partial charge in [-0.15, -0.1) is 18.3 Å². The summed E-state index contributed by atoms with van der Waals surface area (Å²) < 4.78 is -0.679. The third-order valence-corrected chi connectivity index (χ3v) is 9.38. The molecule has 2 amide bonds. The van der Waals surface area contributed by atoms with Crippen LogP contribution in [-0.4, -0.2) is 79.6 Å². The number of aliphatic hydroxyl groups excluding tert-OH is 1. The fraction of sp³-hybridized carbons (Fsp3) is 0.783. The number of aliphatic carboxylic acids is 1. The van der Waals surface area contributed by atoms with Gasteiger partial charge >= 0.3 is 5.97 Å². The van der Waals surface area contributed by atoms with Gasteiger partial charge in [-0.1, -0.05) is 25.8 Å². The van der Waals surface area contributed by atoms with E-state index in [0.29, 0.717) is 13.1 Å². The monoisotopic (exact) mass is 452 g/mol. The number of carboxylic acid groups (broad SMARTS) is 1. The lowest BCUT2D eigenvalue weighted by Gasteiger charge is -2.41. The van der Waals surface area contributed by atoms with Crippen LogP contribution in [-0.2, 0) is 14.4 Å². The van der Waals surface area contributed by atoms with Crippen molar-refractivity contribution in [3.63, 3.8) is 0 Å². The third-order valence-electron chi connectivity index (χ3n) is 7.30. The Labute approximate surface area is 189 Å². The van der Waals surface area contributed by atoms with Crippen LogP contribution in [0.3, 0.4) is 0 Å². The lowest BCUT2D eigenvalue weighted by Crippen LogP contribution is -2.58. The summed E-state index contributed by atoms with van der Waals surface area (Å²) in [5.41, 5.74) is 0. The molecule has 174 valence electrons. The highest BCUT2D eigenvalue weighted by atomic mass is 32.2. The van der Waals surface area contributed by atoms with Crippen molar-refractivity contribution in [3.8, 4) is 0 Å². The smallest absolute Gasteiger partial charge is 0.308 e. The average molecular weight is 453 g/mol. The number of hydrogen-bond acceptors (Lipinski definition) is 5. The maximum atomic E-state index is 13.9. The minimum atomic E-state index is -0.924. The number of nitrogens with zero attached hydrogens (tertiary/aromatic N) is 2. The summed E-state index contributed by atoms with van der Waals surface area (Å²) in [6.45, 7) is 10.8. The van der Waals surface area contributed by atoms with Gasteiger partial charge in [-0.25, -0.2) is 0 Å². The first kappa shape index (κ1) is 24.1. The van der Waals surface area contributed by atoms with Crippen molar-refractivity contribution >= 4 is 29.5 Å². The highest BCUT2D eigenvalue weighted by Crippen LogP contribution is 2.68. The van der Waals surface area contributed by atoms with Crippen LogP contribution in [0.2, 0.25) is 0 Å². The first-order valence-corrected chi connectivity index (χ1v) is 12.3. The highest BCUT2D eigenvalue weighted by molar-refractivity contribution is 8.02. The maximum Gasteiger partial charge on any atom is 0.308 e. The molecule has 6 atom stereocenters. The number of carbonyl (C=O) groups excluding carboxylic acids is 2. The van der Waals surface area contributed by atoms with Crippen LogP contribution < -0.4 is 0 Å². The normalized spacial score (nSPS) is 33.8. The molecule has 2 N–H and O–H groups in total. The fourth-order valence-electron chi connectivity index (χ4n) is 5.92. The van der Waals surface area contributed by atoms with Crippen molar-refractivity contribution in [3.05, 3.63) is 12.7 Å². The number of fused-ring (bicyclic) bond motifs is 1. The molecule has 3 aliphatic heterocycles. The van der Waals surface area contributed by atoms with Crippen LogP contribution in [0, 0.1) is 17.8 Å². The second-order valence-electron chi connectivity index (χ2n) is 9.43. The molecule has 0 radical (unpaired) electrons. The zero-order valence-corrected chi connectivity index (χ0v) is 19.6. The zero-order chi connectivity index (χ0) is 22.9. The molecule has 0 aromatic carbocycles. The number of aliphatic hydroxyl groups is 1. The van der Waals surface area contributed by atoms with E-state index in [9.17, 15) is 19.5 Å². The molecule has 2 bridgehead atoms. The average Bonchev–Trinajstić information content (AvgIpc) is 3.29. The van der Waals surface area contributed by atoms with Crippen LogP contribution in [0.1, 0.15) is 52.9 Å². The Balaban J connectivity index is 1.97. The molecule has 8 heteroatoms. The van der Waals surface area contributed by atoms with E-state index in [1.807, 2.05) is 13.8 Å². The topological polar surface area (TPSA) is 98.2 Å². The Morgan fingerprint density at radius 2 is 2.00 bits per heavy atom. The second kappa shape index (κ2) is 9.53. The molecule has 3 unspecified atom stereocenters. The number of carboxylic acids is 1. The predicted octanol–water partition coefficient (Wildman–Crippen LogP) is 2.38. The van der Waals surface area contributed by atoms with Gasteiger partial charge in [-0.05, 0) is 39.0 Å². The molecule has 3 aliphatic rings. The molecule has 3 saturated heterocycles.